The molecule has 2 rings (SSSR count). The van der Waals surface area contributed by atoms with Gasteiger partial charge in [0, 0.05) is 38.3 Å². The van der Waals surface area contributed by atoms with Crippen LogP contribution in [0.1, 0.15) is 31.4 Å². The molecule has 0 aliphatic carbocycles. The Morgan fingerprint density at radius 2 is 2.00 bits per heavy atom. The Morgan fingerprint density at radius 1 is 1.26 bits per heavy atom. The Hall–Kier alpha value is -0.900. The average molecular weight is 261 g/mol. The van der Waals surface area contributed by atoms with Gasteiger partial charge in [0.1, 0.15) is 0 Å². The number of rotatable bonds is 5. The predicted octanol–water partition coefficient (Wildman–Crippen LogP) is 2.10. The van der Waals surface area contributed by atoms with Gasteiger partial charge >= 0.3 is 0 Å². The van der Waals surface area contributed by atoms with E-state index in [1.807, 2.05) is 6.07 Å². The third kappa shape index (κ3) is 4.03. The van der Waals surface area contributed by atoms with Gasteiger partial charge in [0.25, 0.3) is 0 Å². The van der Waals surface area contributed by atoms with Gasteiger partial charge in [0.2, 0.25) is 0 Å². The highest BCUT2D eigenvalue weighted by Gasteiger charge is 2.22. The Labute approximate surface area is 117 Å². The van der Waals surface area contributed by atoms with Crippen LogP contribution in [-0.4, -0.2) is 49.1 Å². The van der Waals surface area contributed by atoms with Crippen molar-refractivity contribution < 1.29 is 0 Å². The van der Waals surface area contributed by atoms with Gasteiger partial charge in [-0.3, -0.25) is 0 Å². The molecule has 0 radical (unpaired) electrons. The molecule has 19 heavy (non-hydrogen) atoms. The van der Waals surface area contributed by atoms with E-state index in [4.69, 9.17) is 5.73 Å². The Morgan fingerprint density at radius 3 is 2.68 bits per heavy atom. The monoisotopic (exact) mass is 261 g/mol. The molecule has 1 aromatic rings. The molecule has 2 unspecified atom stereocenters. The van der Waals surface area contributed by atoms with Crippen molar-refractivity contribution in [2.24, 2.45) is 5.73 Å². The molecule has 1 saturated heterocycles. The van der Waals surface area contributed by atoms with Gasteiger partial charge in [-0.2, -0.15) is 0 Å². The number of nitrogens with two attached hydrogens (primary N) is 1. The molecule has 1 aliphatic rings. The molecule has 1 heterocycles. The zero-order chi connectivity index (χ0) is 13.7. The van der Waals surface area contributed by atoms with Crippen molar-refractivity contribution in [1.29, 1.82) is 0 Å². The fourth-order valence-electron chi connectivity index (χ4n) is 2.84. The second-order valence-electron chi connectivity index (χ2n) is 5.65. The van der Waals surface area contributed by atoms with E-state index in [9.17, 15) is 0 Å². The summed E-state index contributed by atoms with van der Waals surface area (Å²) >= 11 is 0. The fourth-order valence-corrected chi connectivity index (χ4v) is 2.84. The van der Waals surface area contributed by atoms with Gasteiger partial charge in [0.05, 0.1) is 0 Å². The highest BCUT2D eigenvalue weighted by atomic mass is 15.3. The summed E-state index contributed by atoms with van der Waals surface area (Å²) in [7, 11) is 2.24. The molecular formula is C16H27N3. The first-order valence-corrected chi connectivity index (χ1v) is 7.43. The molecule has 1 aromatic carbocycles. The molecular weight excluding hydrogens is 234 g/mol. The number of hydrogen-bond donors (Lipinski definition) is 1. The minimum Gasteiger partial charge on any atom is -0.324 e. The summed E-state index contributed by atoms with van der Waals surface area (Å²) in [6.07, 6.45) is 2.28. The SMILES string of the molecule is CCC1CN(CCC(N)c2ccccc2)CCN1C. The second-order valence-corrected chi connectivity index (χ2v) is 5.65. The lowest BCUT2D eigenvalue weighted by molar-refractivity contribution is 0.0911. The fraction of sp³-hybridized carbons (Fsp3) is 0.625. The molecule has 2 atom stereocenters. The molecule has 3 nitrogen and oxygen atoms in total. The molecule has 0 bridgehead atoms. The van der Waals surface area contributed by atoms with E-state index in [-0.39, 0.29) is 6.04 Å². The largest absolute Gasteiger partial charge is 0.324 e. The van der Waals surface area contributed by atoms with Crippen LogP contribution in [0.4, 0.5) is 0 Å². The van der Waals surface area contributed by atoms with Crippen molar-refractivity contribution in [3.63, 3.8) is 0 Å². The summed E-state index contributed by atoms with van der Waals surface area (Å²) in [6, 6.07) is 11.3. The van der Waals surface area contributed by atoms with Crippen molar-refractivity contribution in [2.75, 3.05) is 33.2 Å². The molecule has 0 saturated carbocycles. The molecule has 0 spiro atoms. The van der Waals surface area contributed by atoms with Gasteiger partial charge in [-0.05, 0) is 25.5 Å². The second kappa shape index (κ2) is 7.04. The molecule has 0 aromatic heterocycles. The Balaban J connectivity index is 1.79. The van der Waals surface area contributed by atoms with E-state index < -0.39 is 0 Å². The highest BCUT2D eigenvalue weighted by molar-refractivity contribution is 5.18. The lowest BCUT2D eigenvalue weighted by atomic mass is 10.0. The van der Waals surface area contributed by atoms with Gasteiger partial charge in [-0.25, -0.2) is 0 Å². The zero-order valence-corrected chi connectivity index (χ0v) is 12.3. The third-order valence-corrected chi connectivity index (χ3v) is 4.32. The summed E-state index contributed by atoms with van der Waals surface area (Å²) in [6.45, 7) is 6.93. The summed E-state index contributed by atoms with van der Waals surface area (Å²) in [4.78, 5) is 5.05. The maximum absolute atomic E-state index is 6.27. The molecule has 0 amide bonds. The predicted molar refractivity (Wildman–Crippen MR) is 81.1 cm³/mol. The number of piperazine rings is 1. The van der Waals surface area contributed by atoms with Crippen LogP contribution in [0.5, 0.6) is 0 Å². The third-order valence-electron chi connectivity index (χ3n) is 4.32. The summed E-state index contributed by atoms with van der Waals surface area (Å²) in [5.74, 6) is 0. The Bertz CT molecular complexity index is 366. The topological polar surface area (TPSA) is 32.5 Å². The first kappa shape index (κ1) is 14.5. The Kier molecular flexibility index (Phi) is 5.37. The zero-order valence-electron chi connectivity index (χ0n) is 12.3. The van der Waals surface area contributed by atoms with E-state index >= 15 is 0 Å². The van der Waals surface area contributed by atoms with E-state index in [0.717, 1.165) is 13.0 Å². The number of hydrogen-bond acceptors (Lipinski definition) is 3. The van der Waals surface area contributed by atoms with Crippen LogP contribution in [0.3, 0.4) is 0 Å². The van der Waals surface area contributed by atoms with Crippen molar-refractivity contribution in [2.45, 2.75) is 31.8 Å². The van der Waals surface area contributed by atoms with Crippen molar-refractivity contribution in [3.8, 4) is 0 Å². The van der Waals surface area contributed by atoms with Crippen LogP contribution in [0, 0.1) is 0 Å². The van der Waals surface area contributed by atoms with Gasteiger partial charge in [-0.15, -0.1) is 0 Å². The molecule has 1 aliphatic heterocycles. The first-order chi connectivity index (χ1) is 9.20. The minimum atomic E-state index is 0.168. The van der Waals surface area contributed by atoms with Gasteiger partial charge in [-0.1, -0.05) is 37.3 Å². The van der Waals surface area contributed by atoms with Crippen molar-refractivity contribution in [1.82, 2.24) is 9.80 Å². The lowest BCUT2D eigenvalue weighted by Crippen LogP contribution is -2.51. The molecule has 3 heteroatoms. The van der Waals surface area contributed by atoms with Gasteiger partial charge < -0.3 is 15.5 Å². The number of benzene rings is 1. The maximum atomic E-state index is 6.27. The first-order valence-electron chi connectivity index (χ1n) is 7.43. The summed E-state index contributed by atoms with van der Waals surface area (Å²) in [5, 5.41) is 0. The van der Waals surface area contributed by atoms with E-state index in [1.54, 1.807) is 0 Å². The average Bonchev–Trinajstić information content (AvgIpc) is 2.47. The molecule has 106 valence electrons. The maximum Gasteiger partial charge on any atom is 0.0307 e. The number of likely N-dealkylation sites (N-methyl/N-ethyl adjacent to an activating group) is 1. The van der Waals surface area contributed by atoms with Crippen molar-refractivity contribution >= 4 is 0 Å². The van der Waals surface area contributed by atoms with Crippen LogP contribution in [-0.2, 0) is 0 Å². The van der Waals surface area contributed by atoms with E-state index in [0.29, 0.717) is 6.04 Å². The van der Waals surface area contributed by atoms with Crippen LogP contribution in [0.2, 0.25) is 0 Å². The highest BCUT2D eigenvalue weighted by Crippen LogP contribution is 2.16. The normalized spacial score (nSPS) is 23.4. The van der Waals surface area contributed by atoms with Crippen LogP contribution < -0.4 is 5.73 Å². The molecule has 2 N–H and O–H groups in total. The van der Waals surface area contributed by atoms with Crippen LogP contribution in [0.25, 0.3) is 0 Å². The standard InChI is InChI=1S/C16H27N3/c1-3-15-13-19(12-11-18(15)2)10-9-16(17)14-7-5-4-6-8-14/h4-8,15-16H,3,9-13,17H2,1-2H3. The minimum absolute atomic E-state index is 0.168. The summed E-state index contributed by atoms with van der Waals surface area (Å²) in [5.41, 5.74) is 7.52. The van der Waals surface area contributed by atoms with Crippen LogP contribution in [0.15, 0.2) is 30.3 Å². The van der Waals surface area contributed by atoms with Crippen LogP contribution >= 0.6 is 0 Å². The quantitative estimate of drug-likeness (QED) is 0.881. The number of nitrogens with zero attached hydrogens (tertiary/aromatic N) is 2. The van der Waals surface area contributed by atoms with Crippen molar-refractivity contribution in [3.05, 3.63) is 35.9 Å². The summed E-state index contributed by atoms with van der Waals surface area (Å²) < 4.78 is 0. The molecule has 1 fully saturated rings. The van der Waals surface area contributed by atoms with E-state index in [2.05, 4.69) is 48.0 Å². The lowest BCUT2D eigenvalue weighted by Gasteiger charge is -2.39. The van der Waals surface area contributed by atoms with Gasteiger partial charge in [0.15, 0.2) is 0 Å². The van der Waals surface area contributed by atoms with E-state index in [1.165, 1.54) is 31.6 Å². The smallest absolute Gasteiger partial charge is 0.0307 e.